The van der Waals surface area contributed by atoms with Crippen LogP contribution >= 0.6 is 23.2 Å². The van der Waals surface area contributed by atoms with Crippen molar-refractivity contribution >= 4 is 46.7 Å². The van der Waals surface area contributed by atoms with Crippen molar-refractivity contribution in [3.8, 4) is 5.75 Å². The van der Waals surface area contributed by atoms with Crippen LogP contribution in [0.4, 0.5) is 5.69 Å². The molecule has 1 aliphatic rings. The number of hydrogen-bond donors (Lipinski definition) is 2. The number of aliphatic imine (C=N–C) groups is 1. The lowest BCUT2D eigenvalue weighted by Crippen LogP contribution is -2.48. The van der Waals surface area contributed by atoms with Gasteiger partial charge in [-0.3, -0.25) is 9.59 Å². The average molecular weight is 671 g/mol. The molecule has 46 heavy (non-hydrogen) atoms. The molecule has 1 heterocycles. The molecule has 246 valence electrons. The van der Waals surface area contributed by atoms with Crippen LogP contribution in [0.2, 0.25) is 10.0 Å². The van der Waals surface area contributed by atoms with E-state index in [1.165, 1.54) is 0 Å². The summed E-state index contributed by atoms with van der Waals surface area (Å²) in [4.78, 5) is 34.3. The first-order chi connectivity index (χ1) is 21.8. The van der Waals surface area contributed by atoms with Crippen LogP contribution < -0.4 is 15.0 Å². The van der Waals surface area contributed by atoms with Crippen molar-refractivity contribution in [2.75, 3.05) is 32.2 Å². The number of ether oxygens (including phenoxy) is 3. The molecule has 0 unspecified atom stereocenters. The third-order valence-electron chi connectivity index (χ3n) is 7.31. The number of nitrogens with one attached hydrogen (secondary N) is 1. The fourth-order valence-electron chi connectivity index (χ4n) is 4.99. The minimum atomic E-state index is -1.58. The molecule has 0 saturated carbocycles. The summed E-state index contributed by atoms with van der Waals surface area (Å²) in [7, 11) is 3.92. The van der Waals surface area contributed by atoms with Gasteiger partial charge >= 0.3 is 5.97 Å². The Morgan fingerprint density at radius 3 is 2.35 bits per heavy atom. The van der Waals surface area contributed by atoms with Gasteiger partial charge in [-0.2, -0.15) is 0 Å². The summed E-state index contributed by atoms with van der Waals surface area (Å²) in [6.07, 6.45) is -0.577. The first-order valence-corrected chi connectivity index (χ1v) is 15.9. The second kappa shape index (κ2) is 15.2. The van der Waals surface area contributed by atoms with E-state index < -0.39 is 29.1 Å². The molecule has 0 bridgehead atoms. The first kappa shape index (κ1) is 35.1. The Kier molecular flexibility index (Phi) is 11.6. The Labute approximate surface area is 280 Å². The Morgan fingerprint density at radius 1 is 1.04 bits per heavy atom. The van der Waals surface area contributed by atoms with Gasteiger partial charge in [-0.25, -0.2) is 4.99 Å². The number of rotatable bonds is 13. The number of benzene rings is 3. The van der Waals surface area contributed by atoms with Crippen molar-refractivity contribution in [3.05, 3.63) is 93.5 Å². The number of amides is 1. The third-order valence-corrected chi connectivity index (χ3v) is 7.87. The maximum absolute atomic E-state index is 14.4. The molecule has 0 radical (unpaired) electrons. The van der Waals surface area contributed by atoms with E-state index in [4.69, 9.17) is 47.5 Å². The van der Waals surface area contributed by atoms with Gasteiger partial charge in [-0.1, -0.05) is 41.4 Å². The van der Waals surface area contributed by atoms with E-state index in [0.29, 0.717) is 39.9 Å². The molecule has 1 amide bonds. The van der Waals surface area contributed by atoms with E-state index in [-0.39, 0.29) is 31.9 Å². The molecular formula is C35H41Cl2N3O6. The summed E-state index contributed by atoms with van der Waals surface area (Å²) in [6.45, 7) is 6.00. The van der Waals surface area contributed by atoms with Gasteiger partial charge in [0.15, 0.2) is 11.6 Å². The van der Waals surface area contributed by atoms with Crippen LogP contribution in [0.5, 0.6) is 5.75 Å². The van der Waals surface area contributed by atoms with Gasteiger partial charge in [-0.05, 0) is 81.3 Å². The lowest BCUT2D eigenvalue weighted by atomic mass is 9.83. The fourth-order valence-corrected chi connectivity index (χ4v) is 5.50. The smallest absolute Gasteiger partial charge is 0.306 e. The first-order valence-electron chi connectivity index (χ1n) is 15.1. The summed E-state index contributed by atoms with van der Waals surface area (Å²) in [5.74, 6) is -0.0643. The summed E-state index contributed by atoms with van der Waals surface area (Å²) in [5, 5.41) is 12.8. The van der Waals surface area contributed by atoms with Crippen molar-refractivity contribution < 1.29 is 28.9 Å². The second-order valence-corrected chi connectivity index (χ2v) is 13.1. The highest BCUT2D eigenvalue weighted by Crippen LogP contribution is 2.46. The lowest BCUT2D eigenvalue weighted by Gasteiger charge is -2.31. The van der Waals surface area contributed by atoms with Crippen LogP contribution in [-0.4, -0.2) is 61.3 Å². The van der Waals surface area contributed by atoms with E-state index in [0.717, 1.165) is 11.3 Å². The number of carbonyl (C=O) groups excluding carboxylic acids is 2. The molecule has 1 aliphatic heterocycles. The molecule has 3 aromatic rings. The van der Waals surface area contributed by atoms with Crippen LogP contribution in [0, 0.1) is 0 Å². The summed E-state index contributed by atoms with van der Waals surface area (Å²) < 4.78 is 17.7. The predicted molar refractivity (Wildman–Crippen MR) is 181 cm³/mol. The molecule has 11 heteroatoms. The van der Waals surface area contributed by atoms with Gasteiger partial charge in [0.05, 0.1) is 6.61 Å². The quantitative estimate of drug-likeness (QED) is 0.158. The van der Waals surface area contributed by atoms with E-state index >= 15 is 0 Å². The van der Waals surface area contributed by atoms with Crippen molar-refractivity contribution in [3.63, 3.8) is 0 Å². The van der Waals surface area contributed by atoms with Gasteiger partial charge in [0, 0.05) is 66.9 Å². The largest absolute Gasteiger partial charge is 0.494 e. The number of aliphatic hydroxyl groups is 1. The fraction of sp³-hybridized carbons (Fsp3) is 0.400. The zero-order chi connectivity index (χ0) is 33.5. The molecule has 4 rings (SSSR count). The molecule has 3 aromatic carbocycles. The van der Waals surface area contributed by atoms with Gasteiger partial charge in [0.1, 0.15) is 11.4 Å². The monoisotopic (exact) mass is 669 g/mol. The Hall–Kier alpha value is -3.79. The molecule has 2 atom stereocenters. The van der Waals surface area contributed by atoms with Crippen molar-refractivity contribution in [2.45, 2.75) is 63.8 Å². The average Bonchev–Trinajstić information content (AvgIpc) is 3.39. The number of hydrogen-bond acceptors (Lipinski definition) is 8. The van der Waals surface area contributed by atoms with Crippen LogP contribution in [0.25, 0.3) is 0 Å². The van der Waals surface area contributed by atoms with Gasteiger partial charge in [0.25, 0.3) is 5.91 Å². The lowest BCUT2D eigenvalue weighted by molar-refractivity contribution is -0.155. The highest BCUT2D eigenvalue weighted by atomic mass is 35.5. The maximum Gasteiger partial charge on any atom is 0.306 e. The maximum atomic E-state index is 14.4. The third kappa shape index (κ3) is 8.93. The minimum absolute atomic E-state index is 0.0111. The topological polar surface area (TPSA) is 110 Å². The number of halogens is 2. The SMILES string of the molecule is CN(C)c1ccc(CNC(=O)[C@]2(CCC(=O)OC(C)(C)C)N=C(c3ccc(OCCCO)cc3)O[C@@H]2c2ccc(Cl)cc2Cl)cc1. The molecule has 9 nitrogen and oxygen atoms in total. The molecule has 2 N–H and O–H groups in total. The van der Waals surface area contributed by atoms with Crippen LogP contribution in [0.3, 0.4) is 0 Å². The van der Waals surface area contributed by atoms with Crippen molar-refractivity contribution in [1.29, 1.82) is 0 Å². The Bertz CT molecular complexity index is 1540. The number of anilines is 1. The zero-order valence-electron chi connectivity index (χ0n) is 26.8. The van der Waals surface area contributed by atoms with Gasteiger partial charge in [0.2, 0.25) is 5.90 Å². The number of nitrogens with zero attached hydrogens (tertiary/aromatic N) is 2. The molecular weight excluding hydrogens is 629 g/mol. The highest BCUT2D eigenvalue weighted by Gasteiger charge is 2.54. The second-order valence-electron chi connectivity index (χ2n) is 12.3. The van der Waals surface area contributed by atoms with E-state index in [2.05, 4.69) is 5.32 Å². The molecule has 0 fully saturated rings. The normalized spacial score (nSPS) is 17.6. The Balaban J connectivity index is 1.73. The van der Waals surface area contributed by atoms with E-state index in [9.17, 15) is 9.59 Å². The molecule has 0 aliphatic carbocycles. The number of carbonyl (C=O) groups is 2. The summed E-state index contributed by atoms with van der Waals surface area (Å²) in [5.41, 5.74) is 0.751. The zero-order valence-corrected chi connectivity index (χ0v) is 28.3. The van der Waals surface area contributed by atoms with E-state index in [1.807, 2.05) is 43.3 Å². The van der Waals surface area contributed by atoms with Crippen molar-refractivity contribution in [1.82, 2.24) is 5.32 Å². The van der Waals surface area contributed by atoms with Gasteiger partial charge in [-0.15, -0.1) is 0 Å². The predicted octanol–water partition coefficient (Wildman–Crippen LogP) is 6.52. The van der Waals surface area contributed by atoms with Gasteiger partial charge < -0.3 is 29.5 Å². The standard InChI is InChI=1S/C35H41Cl2N3O6/c1-34(2,3)46-30(42)17-18-35(33(43)38-22-23-7-12-26(13-8-23)40(4)5)31(28-16-11-25(36)21-29(28)37)45-32(39-35)24-9-14-27(15-10-24)44-20-6-19-41/h7-16,21,31,41H,6,17-20,22H2,1-5H3,(H,38,43)/t31-,35-/m1/s1. The molecule has 0 saturated heterocycles. The van der Waals surface area contributed by atoms with Crippen LogP contribution in [0.1, 0.15) is 62.8 Å². The van der Waals surface area contributed by atoms with Crippen molar-refractivity contribution in [2.24, 2.45) is 4.99 Å². The highest BCUT2D eigenvalue weighted by molar-refractivity contribution is 6.35. The Morgan fingerprint density at radius 2 is 1.74 bits per heavy atom. The summed E-state index contributed by atoms with van der Waals surface area (Å²) >= 11 is 12.9. The minimum Gasteiger partial charge on any atom is -0.494 e. The number of esters is 1. The van der Waals surface area contributed by atoms with Crippen LogP contribution in [-0.2, 0) is 25.6 Å². The summed E-state index contributed by atoms with van der Waals surface area (Å²) in [6, 6.07) is 19.9. The molecule has 0 spiro atoms. The number of aliphatic hydroxyl groups excluding tert-OH is 1. The van der Waals surface area contributed by atoms with E-state index in [1.54, 1.807) is 63.2 Å². The van der Waals surface area contributed by atoms with Crippen LogP contribution in [0.15, 0.2) is 71.7 Å². The molecule has 0 aromatic heterocycles.